The van der Waals surface area contributed by atoms with Gasteiger partial charge in [-0.15, -0.1) is 0 Å². The van der Waals surface area contributed by atoms with Crippen LogP contribution in [0.5, 0.6) is 0 Å². The maximum atomic E-state index is 12.6. The average molecular weight is 346 g/mol. The smallest absolute Gasteiger partial charge is 0.332 e. The van der Waals surface area contributed by atoms with E-state index in [2.05, 4.69) is 10.4 Å². The van der Waals surface area contributed by atoms with Gasteiger partial charge in [-0.05, 0) is 20.8 Å². The number of aromatic nitrogens is 2. The molecule has 1 aliphatic rings. The maximum absolute atomic E-state index is 12.6. The molecule has 25 heavy (non-hydrogen) atoms. The summed E-state index contributed by atoms with van der Waals surface area (Å²) in [5.41, 5.74) is 0.212. The first kappa shape index (κ1) is 18.2. The van der Waals surface area contributed by atoms with E-state index < -0.39 is 29.7 Å². The first-order valence-electron chi connectivity index (χ1n) is 7.74. The van der Waals surface area contributed by atoms with E-state index in [0.29, 0.717) is 0 Å². The van der Waals surface area contributed by atoms with Gasteiger partial charge >= 0.3 is 11.9 Å². The molecule has 9 nitrogen and oxygen atoms in total. The lowest BCUT2D eigenvalue weighted by molar-refractivity contribution is -0.158. The predicted octanol–water partition coefficient (Wildman–Crippen LogP) is 0.937. The van der Waals surface area contributed by atoms with Crippen LogP contribution in [0.4, 0.5) is 5.82 Å². The van der Waals surface area contributed by atoms with Crippen molar-refractivity contribution in [1.82, 2.24) is 9.78 Å². The fourth-order valence-corrected chi connectivity index (χ4v) is 2.62. The molecule has 1 N–H and O–H groups in total. The van der Waals surface area contributed by atoms with Crippen LogP contribution >= 0.6 is 0 Å². The lowest BCUT2D eigenvalue weighted by Gasteiger charge is -2.24. The molecule has 0 saturated carbocycles. The second-order valence-electron chi connectivity index (χ2n) is 5.19. The second-order valence-corrected chi connectivity index (χ2v) is 5.19. The Hall–Kier alpha value is -3.15. The van der Waals surface area contributed by atoms with E-state index in [1.165, 1.54) is 24.0 Å². The van der Waals surface area contributed by atoms with Crippen molar-refractivity contribution in [2.45, 2.75) is 26.8 Å². The van der Waals surface area contributed by atoms with Gasteiger partial charge in [0.2, 0.25) is 0 Å². The van der Waals surface area contributed by atoms with Crippen molar-refractivity contribution in [3.05, 3.63) is 23.5 Å². The number of hydrogen-bond donors (Lipinski definition) is 1. The number of nitrogens with zero attached hydrogens (tertiary/aromatic N) is 3. The molecule has 2 heterocycles. The summed E-state index contributed by atoms with van der Waals surface area (Å²) in [5, 5.41) is 16.0. The molecule has 0 aromatic carbocycles. The van der Waals surface area contributed by atoms with Crippen molar-refractivity contribution in [2.24, 2.45) is 5.92 Å². The number of rotatable bonds is 5. The molecular weight excluding hydrogens is 328 g/mol. The summed E-state index contributed by atoms with van der Waals surface area (Å²) in [4.78, 5) is 37.1. The molecule has 0 spiro atoms. The van der Waals surface area contributed by atoms with Crippen LogP contribution in [0.15, 0.2) is 18.0 Å². The topological polar surface area (TPSA) is 123 Å². The van der Waals surface area contributed by atoms with E-state index in [0.717, 1.165) is 0 Å². The van der Waals surface area contributed by atoms with E-state index in [1.807, 2.05) is 6.07 Å². The van der Waals surface area contributed by atoms with E-state index in [-0.39, 0.29) is 30.2 Å². The Morgan fingerprint density at radius 2 is 1.92 bits per heavy atom. The molecule has 132 valence electrons. The van der Waals surface area contributed by atoms with Crippen molar-refractivity contribution in [1.29, 1.82) is 5.26 Å². The fourth-order valence-electron chi connectivity index (χ4n) is 2.62. The van der Waals surface area contributed by atoms with Crippen LogP contribution in [0.2, 0.25) is 0 Å². The van der Waals surface area contributed by atoms with Gasteiger partial charge in [0.15, 0.2) is 11.8 Å². The van der Waals surface area contributed by atoms with Crippen LogP contribution in [-0.2, 0) is 23.9 Å². The highest BCUT2D eigenvalue weighted by atomic mass is 16.5. The van der Waals surface area contributed by atoms with Crippen LogP contribution in [0.25, 0.3) is 0 Å². The third kappa shape index (κ3) is 3.38. The van der Waals surface area contributed by atoms with Gasteiger partial charge in [0.1, 0.15) is 23.4 Å². The number of nitriles is 1. The van der Waals surface area contributed by atoms with Crippen LogP contribution in [0.1, 0.15) is 32.4 Å². The number of carbonyl (C=O) groups excluding carboxylic acids is 3. The fraction of sp³-hybridized carbons (Fsp3) is 0.438. The van der Waals surface area contributed by atoms with Crippen LogP contribution in [-0.4, -0.2) is 40.7 Å². The molecule has 1 aliphatic heterocycles. The Bertz CT molecular complexity index is 774. The number of nitrogens with one attached hydrogen (secondary N) is 1. The van der Waals surface area contributed by atoms with Gasteiger partial charge in [-0.2, -0.15) is 10.4 Å². The monoisotopic (exact) mass is 346 g/mol. The van der Waals surface area contributed by atoms with Gasteiger partial charge in [-0.3, -0.25) is 9.59 Å². The lowest BCUT2D eigenvalue weighted by atomic mass is 9.89. The Morgan fingerprint density at radius 3 is 2.48 bits per heavy atom. The number of ketones is 1. The molecular formula is C16H18N4O5. The third-order valence-electron chi connectivity index (χ3n) is 3.67. The first-order valence-corrected chi connectivity index (χ1v) is 7.74. The van der Waals surface area contributed by atoms with Gasteiger partial charge in [0.25, 0.3) is 0 Å². The number of ether oxygens (including phenoxy) is 2. The number of carbonyl (C=O) groups is 3. The molecule has 2 rings (SSSR count). The Balaban J connectivity index is 2.67. The Labute approximate surface area is 144 Å². The quantitative estimate of drug-likeness (QED) is 0.781. The van der Waals surface area contributed by atoms with E-state index in [9.17, 15) is 19.6 Å². The van der Waals surface area contributed by atoms with Crippen LogP contribution in [0.3, 0.4) is 0 Å². The predicted molar refractivity (Wildman–Crippen MR) is 85.1 cm³/mol. The minimum absolute atomic E-state index is 0.0471. The Kier molecular flexibility index (Phi) is 5.54. The normalized spacial score (nSPS) is 18.7. The van der Waals surface area contributed by atoms with Crippen LogP contribution < -0.4 is 5.32 Å². The standard InChI is InChI=1S/C16H18N4O5/c1-4-24-15(22)12-11(9(3)21)8-18-14-10(6-17)7-19-20(14)13(12)16(23)25-5-2/h7-8,12-13,18H,4-5H2,1-3H3. The van der Waals surface area contributed by atoms with Crippen LogP contribution in [0, 0.1) is 17.2 Å². The third-order valence-corrected chi connectivity index (χ3v) is 3.67. The van der Waals surface area contributed by atoms with Gasteiger partial charge in [-0.25, -0.2) is 9.48 Å². The summed E-state index contributed by atoms with van der Waals surface area (Å²) >= 11 is 0. The number of hydrogen-bond acceptors (Lipinski definition) is 8. The molecule has 0 amide bonds. The molecule has 0 saturated heterocycles. The van der Waals surface area contributed by atoms with Gasteiger partial charge < -0.3 is 14.8 Å². The minimum atomic E-state index is -1.26. The molecule has 1 aromatic heterocycles. The molecule has 2 atom stereocenters. The van der Waals surface area contributed by atoms with Gasteiger partial charge in [0, 0.05) is 11.8 Å². The molecule has 2 unspecified atom stereocenters. The van der Waals surface area contributed by atoms with Gasteiger partial charge in [0.05, 0.1) is 19.4 Å². The van der Waals surface area contributed by atoms with Gasteiger partial charge in [-0.1, -0.05) is 0 Å². The SMILES string of the molecule is CCOC(=O)C1C(C(C)=O)=CNc2c(C#N)cnn2C1C(=O)OCC. The lowest BCUT2D eigenvalue weighted by Crippen LogP contribution is -2.37. The molecule has 0 bridgehead atoms. The zero-order valence-electron chi connectivity index (χ0n) is 14.1. The first-order chi connectivity index (χ1) is 12.0. The summed E-state index contributed by atoms with van der Waals surface area (Å²) in [5.74, 6) is -2.94. The zero-order chi connectivity index (χ0) is 18.6. The number of Topliss-reactive ketones (excluding diaryl/α,β-unsaturated/α-hetero) is 1. The molecule has 0 aliphatic carbocycles. The van der Waals surface area contributed by atoms with Crippen molar-refractivity contribution < 1.29 is 23.9 Å². The zero-order valence-corrected chi connectivity index (χ0v) is 14.1. The van der Waals surface area contributed by atoms with E-state index in [4.69, 9.17) is 9.47 Å². The molecule has 1 aromatic rings. The number of fused-ring (bicyclic) bond motifs is 1. The summed E-state index contributed by atoms with van der Waals surface area (Å²) in [7, 11) is 0. The van der Waals surface area contributed by atoms with E-state index in [1.54, 1.807) is 13.8 Å². The molecule has 0 radical (unpaired) electrons. The number of esters is 2. The summed E-state index contributed by atoms with van der Waals surface area (Å²) in [6.07, 6.45) is 2.57. The summed E-state index contributed by atoms with van der Waals surface area (Å²) in [6, 6.07) is 0.677. The summed E-state index contributed by atoms with van der Waals surface area (Å²) < 4.78 is 11.3. The highest BCUT2D eigenvalue weighted by molar-refractivity contribution is 6.01. The highest BCUT2D eigenvalue weighted by Gasteiger charge is 2.44. The molecule has 9 heteroatoms. The van der Waals surface area contributed by atoms with Crippen molar-refractivity contribution >= 4 is 23.5 Å². The maximum Gasteiger partial charge on any atom is 0.332 e. The Morgan fingerprint density at radius 1 is 1.28 bits per heavy atom. The largest absolute Gasteiger partial charge is 0.465 e. The minimum Gasteiger partial charge on any atom is -0.465 e. The van der Waals surface area contributed by atoms with E-state index >= 15 is 0 Å². The average Bonchev–Trinajstić information content (AvgIpc) is 2.88. The van der Waals surface area contributed by atoms with Crippen molar-refractivity contribution in [2.75, 3.05) is 18.5 Å². The highest BCUT2D eigenvalue weighted by Crippen LogP contribution is 2.35. The second kappa shape index (κ2) is 7.61. The summed E-state index contributed by atoms with van der Waals surface area (Å²) in [6.45, 7) is 4.69. The van der Waals surface area contributed by atoms with Crippen molar-refractivity contribution in [3.8, 4) is 6.07 Å². The number of anilines is 1. The van der Waals surface area contributed by atoms with Crippen molar-refractivity contribution in [3.63, 3.8) is 0 Å². The molecule has 0 fully saturated rings.